The zero-order chi connectivity index (χ0) is 18.7. The number of benzene rings is 2. The van der Waals surface area contributed by atoms with Gasteiger partial charge in [0.05, 0.1) is 4.90 Å². The van der Waals surface area contributed by atoms with Crippen LogP contribution in [-0.4, -0.2) is 20.4 Å². The molecule has 3 rings (SSSR count). The van der Waals surface area contributed by atoms with Crippen LogP contribution in [0.2, 0.25) is 0 Å². The van der Waals surface area contributed by atoms with Crippen molar-refractivity contribution in [2.75, 3.05) is 5.32 Å². The molecule has 0 radical (unpaired) electrons. The van der Waals surface area contributed by atoms with E-state index >= 15 is 0 Å². The van der Waals surface area contributed by atoms with Crippen molar-refractivity contribution in [3.63, 3.8) is 0 Å². The first-order chi connectivity index (χ1) is 12.3. The number of hydrogen-bond donors (Lipinski definition) is 3. The third-order valence-corrected chi connectivity index (χ3v) is 5.96. The van der Waals surface area contributed by atoms with Crippen LogP contribution < -0.4 is 15.8 Å². The van der Waals surface area contributed by atoms with E-state index in [4.69, 9.17) is 5.73 Å². The van der Waals surface area contributed by atoms with Gasteiger partial charge >= 0.3 is 0 Å². The van der Waals surface area contributed by atoms with E-state index in [1.807, 2.05) is 30.3 Å². The third-order valence-electron chi connectivity index (χ3n) is 4.29. The van der Waals surface area contributed by atoms with Gasteiger partial charge in [0.15, 0.2) is 0 Å². The molecule has 2 aromatic carbocycles. The van der Waals surface area contributed by atoms with E-state index in [1.54, 1.807) is 19.1 Å². The second-order valence-corrected chi connectivity index (χ2v) is 8.33. The molecule has 1 aliphatic rings. The Hall–Kier alpha value is -1.93. The summed E-state index contributed by atoms with van der Waals surface area (Å²) in [5.74, 6) is -0.260. The molecular formula is C19H24ClN3O3S. The van der Waals surface area contributed by atoms with Gasteiger partial charge in [0.2, 0.25) is 15.9 Å². The Bertz CT molecular complexity index is 900. The van der Waals surface area contributed by atoms with Gasteiger partial charge in [-0.1, -0.05) is 36.4 Å². The average molecular weight is 410 g/mol. The molecular weight excluding hydrogens is 386 g/mol. The van der Waals surface area contributed by atoms with Crippen LogP contribution in [0.5, 0.6) is 0 Å². The Balaban J connectivity index is 0.00000261. The Kier molecular flexibility index (Phi) is 7.00. The fraction of sp³-hybridized carbons (Fsp3) is 0.316. The molecule has 0 aliphatic heterocycles. The van der Waals surface area contributed by atoms with Gasteiger partial charge in [-0.2, -0.15) is 0 Å². The molecule has 0 heterocycles. The van der Waals surface area contributed by atoms with Crippen molar-refractivity contribution in [2.24, 2.45) is 5.73 Å². The van der Waals surface area contributed by atoms with Crippen molar-refractivity contribution in [3.05, 3.63) is 59.7 Å². The van der Waals surface area contributed by atoms with Crippen LogP contribution in [0.15, 0.2) is 53.4 Å². The quantitative estimate of drug-likeness (QED) is 0.654. The van der Waals surface area contributed by atoms with Crippen LogP contribution in [0.3, 0.4) is 0 Å². The lowest BCUT2D eigenvalue weighted by atomic mass is 10.0. The Morgan fingerprint density at radius 3 is 2.48 bits per heavy atom. The van der Waals surface area contributed by atoms with Crippen molar-refractivity contribution in [2.45, 2.75) is 43.2 Å². The van der Waals surface area contributed by atoms with Crippen LogP contribution in [0.25, 0.3) is 0 Å². The minimum atomic E-state index is -3.58. The van der Waals surface area contributed by atoms with Crippen LogP contribution in [-0.2, 0) is 14.8 Å². The SMILES string of the molecule is Cc1ccc(NC(=O)CC(N)c2ccccc2)cc1S(=O)(=O)NC1CC1.Cl. The molecule has 1 fully saturated rings. The summed E-state index contributed by atoms with van der Waals surface area (Å²) in [5, 5.41) is 2.74. The molecule has 1 aliphatic carbocycles. The van der Waals surface area contributed by atoms with Gasteiger partial charge in [0, 0.05) is 24.2 Å². The molecule has 1 unspecified atom stereocenters. The maximum atomic E-state index is 12.5. The lowest BCUT2D eigenvalue weighted by Crippen LogP contribution is -2.26. The number of nitrogens with one attached hydrogen (secondary N) is 2. The average Bonchev–Trinajstić information content (AvgIpc) is 3.40. The summed E-state index contributed by atoms with van der Waals surface area (Å²) in [4.78, 5) is 12.5. The number of halogens is 1. The Morgan fingerprint density at radius 1 is 1.19 bits per heavy atom. The van der Waals surface area contributed by atoms with E-state index in [0.717, 1.165) is 18.4 Å². The zero-order valence-corrected chi connectivity index (χ0v) is 16.6. The highest BCUT2D eigenvalue weighted by atomic mass is 35.5. The van der Waals surface area contributed by atoms with E-state index in [0.29, 0.717) is 11.3 Å². The summed E-state index contributed by atoms with van der Waals surface area (Å²) >= 11 is 0. The monoisotopic (exact) mass is 409 g/mol. The highest BCUT2D eigenvalue weighted by Gasteiger charge is 2.29. The first-order valence-electron chi connectivity index (χ1n) is 8.58. The summed E-state index contributed by atoms with van der Waals surface area (Å²) in [6, 6.07) is 13.9. The molecule has 27 heavy (non-hydrogen) atoms. The van der Waals surface area contributed by atoms with Gasteiger partial charge in [-0.05, 0) is 43.0 Å². The van der Waals surface area contributed by atoms with Gasteiger partial charge in [-0.3, -0.25) is 4.79 Å². The van der Waals surface area contributed by atoms with Crippen molar-refractivity contribution < 1.29 is 13.2 Å². The van der Waals surface area contributed by atoms with Crippen LogP contribution in [0.4, 0.5) is 5.69 Å². The van der Waals surface area contributed by atoms with Crippen molar-refractivity contribution in [1.29, 1.82) is 0 Å². The molecule has 1 atom stereocenters. The summed E-state index contributed by atoms with van der Waals surface area (Å²) in [6.07, 6.45) is 1.85. The van der Waals surface area contributed by atoms with Crippen molar-refractivity contribution >= 4 is 34.0 Å². The number of nitrogens with two attached hydrogens (primary N) is 1. The Morgan fingerprint density at radius 2 is 1.85 bits per heavy atom. The number of hydrogen-bond acceptors (Lipinski definition) is 4. The normalized spacial score (nSPS) is 14.9. The van der Waals surface area contributed by atoms with Gasteiger partial charge in [0.25, 0.3) is 0 Å². The minimum Gasteiger partial charge on any atom is -0.326 e. The van der Waals surface area contributed by atoms with Gasteiger partial charge < -0.3 is 11.1 Å². The van der Waals surface area contributed by atoms with Crippen molar-refractivity contribution in [1.82, 2.24) is 4.72 Å². The summed E-state index contributed by atoms with van der Waals surface area (Å²) < 4.78 is 27.6. The zero-order valence-electron chi connectivity index (χ0n) is 15.0. The highest BCUT2D eigenvalue weighted by Crippen LogP contribution is 2.25. The molecule has 6 nitrogen and oxygen atoms in total. The van der Waals surface area contributed by atoms with Crippen molar-refractivity contribution in [3.8, 4) is 0 Å². The molecule has 0 aromatic heterocycles. The smallest absolute Gasteiger partial charge is 0.241 e. The number of carbonyl (C=O) groups excluding carboxylic acids is 1. The predicted molar refractivity (Wildman–Crippen MR) is 108 cm³/mol. The molecule has 0 saturated heterocycles. The third kappa shape index (κ3) is 5.77. The van der Waals surface area contributed by atoms with E-state index in [9.17, 15) is 13.2 Å². The second kappa shape index (κ2) is 8.84. The summed E-state index contributed by atoms with van der Waals surface area (Å²) in [6.45, 7) is 1.73. The summed E-state index contributed by atoms with van der Waals surface area (Å²) in [5.41, 5.74) is 8.02. The highest BCUT2D eigenvalue weighted by molar-refractivity contribution is 7.89. The standard InChI is InChI=1S/C19H23N3O3S.ClH/c1-13-7-8-16(11-18(13)26(24,25)22-15-9-10-15)21-19(23)12-17(20)14-5-3-2-4-6-14;/h2-8,11,15,17,22H,9-10,12,20H2,1H3,(H,21,23);1H. The van der Waals surface area contributed by atoms with Gasteiger partial charge in [-0.25, -0.2) is 13.1 Å². The van der Waals surface area contributed by atoms with E-state index in [-0.39, 0.29) is 35.7 Å². The molecule has 0 bridgehead atoms. The van der Waals surface area contributed by atoms with Crippen LogP contribution >= 0.6 is 12.4 Å². The lowest BCUT2D eigenvalue weighted by molar-refractivity contribution is -0.116. The number of sulfonamides is 1. The largest absolute Gasteiger partial charge is 0.326 e. The fourth-order valence-electron chi connectivity index (χ4n) is 2.68. The van der Waals surface area contributed by atoms with Gasteiger partial charge in [-0.15, -0.1) is 12.4 Å². The number of amides is 1. The number of aryl methyl sites for hydroxylation is 1. The molecule has 8 heteroatoms. The molecule has 1 amide bonds. The number of rotatable bonds is 7. The van der Waals surface area contributed by atoms with E-state index in [1.165, 1.54) is 6.07 Å². The maximum absolute atomic E-state index is 12.5. The predicted octanol–water partition coefficient (Wildman–Crippen LogP) is 2.89. The molecule has 2 aromatic rings. The lowest BCUT2D eigenvalue weighted by Gasteiger charge is -2.14. The molecule has 4 N–H and O–H groups in total. The number of carbonyl (C=O) groups is 1. The molecule has 146 valence electrons. The first kappa shape index (κ1) is 21.4. The molecule has 1 saturated carbocycles. The minimum absolute atomic E-state index is 0. The fourth-order valence-corrected chi connectivity index (χ4v) is 4.26. The number of anilines is 1. The van der Waals surface area contributed by atoms with Gasteiger partial charge in [0.1, 0.15) is 0 Å². The second-order valence-electron chi connectivity index (χ2n) is 6.65. The molecule has 0 spiro atoms. The summed E-state index contributed by atoms with van der Waals surface area (Å²) in [7, 11) is -3.58. The van der Waals surface area contributed by atoms with Crippen LogP contribution in [0.1, 0.15) is 36.4 Å². The van der Waals surface area contributed by atoms with Crippen LogP contribution in [0, 0.1) is 6.92 Å². The first-order valence-corrected chi connectivity index (χ1v) is 10.1. The van der Waals surface area contributed by atoms with E-state index < -0.39 is 16.1 Å². The Labute approximate surface area is 166 Å². The maximum Gasteiger partial charge on any atom is 0.241 e. The topological polar surface area (TPSA) is 101 Å². The van der Waals surface area contributed by atoms with E-state index in [2.05, 4.69) is 10.0 Å².